The third-order valence-electron chi connectivity index (χ3n) is 1.61. The number of carbonyl (C=O) groups is 1. The predicted molar refractivity (Wildman–Crippen MR) is 40.1 cm³/mol. The molecular weight excluding hydrogens is 130 g/mol. The fraction of sp³-hybridized carbons (Fsp3) is 0.833. The molecule has 0 aromatic rings. The summed E-state index contributed by atoms with van der Waals surface area (Å²) in [6.07, 6.45) is 0. The molecule has 1 N–H and O–H groups in total. The van der Waals surface area contributed by atoms with E-state index < -0.39 is 8.07 Å². The molecule has 1 aliphatic rings. The zero-order valence-electron chi connectivity index (χ0n) is 7.06. The zero-order valence-corrected chi connectivity index (χ0v) is 7.06. The van der Waals surface area contributed by atoms with Crippen LogP contribution in [0.1, 0.15) is 1.37 Å². The molecule has 0 aromatic carbocycles. The summed E-state index contributed by atoms with van der Waals surface area (Å²) in [6, 6.07) is 0. The van der Waals surface area contributed by atoms with Gasteiger partial charge in [-0.1, -0.05) is 19.6 Å². The van der Waals surface area contributed by atoms with Crippen LogP contribution in [0.15, 0.2) is 0 Å². The molecule has 0 aromatic heterocycles. The Bertz CT molecular complexity index is 166. The Labute approximate surface area is 58.1 Å². The molecule has 1 aliphatic heterocycles. The zero-order chi connectivity index (χ0) is 7.94. The smallest absolute Gasteiger partial charge is 0.222 e. The maximum atomic E-state index is 10.9. The van der Waals surface area contributed by atoms with Crippen LogP contribution < -0.4 is 5.32 Å². The second-order valence-electron chi connectivity index (χ2n) is 3.52. The van der Waals surface area contributed by atoms with E-state index in [4.69, 9.17) is 1.37 Å². The Kier molecular flexibility index (Phi) is 1.12. The van der Waals surface area contributed by atoms with Crippen molar-refractivity contribution in [2.24, 2.45) is 0 Å². The fourth-order valence-corrected chi connectivity index (χ4v) is 2.33. The molecule has 9 heavy (non-hydrogen) atoms. The van der Waals surface area contributed by atoms with E-state index >= 15 is 0 Å². The average Bonchev–Trinajstić information content (AvgIpc) is 1.58. The van der Waals surface area contributed by atoms with Crippen LogP contribution >= 0.6 is 0 Å². The lowest BCUT2D eigenvalue weighted by Crippen LogP contribution is -2.54. The Morgan fingerprint density at radius 2 is 2.33 bits per heavy atom. The molecule has 2 nitrogen and oxygen atoms in total. The quantitative estimate of drug-likeness (QED) is 0.428. The molecule has 2 atom stereocenters. The molecule has 0 bridgehead atoms. The first-order valence-electron chi connectivity index (χ1n) is 3.73. The van der Waals surface area contributed by atoms with Gasteiger partial charge in [0.05, 0.1) is 8.07 Å². The molecule has 1 fully saturated rings. The van der Waals surface area contributed by atoms with Crippen LogP contribution in [-0.4, -0.2) is 20.5 Å². The van der Waals surface area contributed by atoms with Gasteiger partial charge >= 0.3 is 0 Å². The van der Waals surface area contributed by atoms with Crippen molar-refractivity contribution < 1.29 is 6.17 Å². The first-order chi connectivity index (χ1) is 4.43. The monoisotopic (exact) mass is 144 g/mol. The second kappa shape index (κ2) is 1.83. The van der Waals surface area contributed by atoms with Gasteiger partial charge < -0.3 is 5.32 Å². The van der Waals surface area contributed by atoms with E-state index in [0.717, 1.165) is 0 Å². The number of rotatable bonds is 1. The summed E-state index contributed by atoms with van der Waals surface area (Å²) in [5.41, 5.74) is 0.0208. The van der Waals surface area contributed by atoms with E-state index in [2.05, 4.69) is 25.0 Å². The molecule has 52 valence electrons. The lowest BCUT2D eigenvalue weighted by molar-refractivity contribution is -0.125. The Morgan fingerprint density at radius 1 is 1.78 bits per heavy atom. The van der Waals surface area contributed by atoms with Crippen LogP contribution in [0.5, 0.6) is 0 Å². The second-order valence-corrected chi connectivity index (χ2v) is 8.87. The standard InChI is InChI=1S/C6H13NOSi/c1-9(2,3)5-4-7-6(5)8/h5H,4H2,1-3H3,(H,7,8)/t5-/m0/s1/i4D/t4-,5-. The van der Waals surface area contributed by atoms with Crippen molar-refractivity contribution in [2.45, 2.75) is 25.2 Å². The van der Waals surface area contributed by atoms with E-state index in [1.807, 2.05) is 0 Å². The molecule has 0 unspecified atom stereocenters. The topological polar surface area (TPSA) is 29.1 Å². The molecule has 1 rings (SSSR count). The molecular formula is C6H13NOSi. The van der Waals surface area contributed by atoms with Gasteiger partial charge in [-0.15, -0.1) is 0 Å². The van der Waals surface area contributed by atoms with Crippen molar-refractivity contribution in [3.63, 3.8) is 0 Å². The van der Waals surface area contributed by atoms with Crippen molar-refractivity contribution in [2.75, 3.05) is 6.52 Å². The highest BCUT2D eigenvalue weighted by molar-refractivity contribution is 6.81. The van der Waals surface area contributed by atoms with E-state index in [1.54, 1.807) is 0 Å². The normalized spacial score (nSPS) is 36.8. The highest BCUT2D eigenvalue weighted by Crippen LogP contribution is 2.25. The number of amides is 1. The van der Waals surface area contributed by atoms with E-state index in [9.17, 15) is 4.79 Å². The SMILES string of the molecule is [2H][C@@H]1NC(=O)[C@H]1[Si](C)(C)C. The maximum Gasteiger partial charge on any atom is 0.222 e. The van der Waals surface area contributed by atoms with Crippen molar-refractivity contribution in [3.05, 3.63) is 0 Å². The molecule has 1 amide bonds. The number of hydrogen-bond donors (Lipinski definition) is 1. The van der Waals surface area contributed by atoms with Gasteiger partial charge in [-0.25, -0.2) is 0 Å². The molecule has 0 saturated carbocycles. The van der Waals surface area contributed by atoms with Crippen molar-refractivity contribution >= 4 is 14.0 Å². The van der Waals surface area contributed by atoms with Crippen LogP contribution in [0.4, 0.5) is 0 Å². The summed E-state index contributed by atoms with van der Waals surface area (Å²) in [4.78, 5) is 10.9. The number of hydrogen-bond acceptors (Lipinski definition) is 1. The van der Waals surface area contributed by atoms with Gasteiger partial charge in [0, 0.05) is 13.4 Å². The van der Waals surface area contributed by atoms with Gasteiger partial charge in [0.2, 0.25) is 5.91 Å². The van der Waals surface area contributed by atoms with E-state index in [0.29, 0.717) is 0 Å². The summed E-state index contributed by atoms with van der Waals surface area (Å²) >= 11 is 0. The van der Waals surface area contributed by atoms with Crippen LogP contribution in [0, 0.1) is 0 Å². The Hall–Kier alpha value is -0.313. The molecule has 1 heterocycles. The van der Waals surface area contributed by atoms with Crippen LogP contribution in [0.2, 0.25) is 25.2 Å². The van der Waals surface area contributed by atoms with Gasteiger partial charge in [0.1, 0.15) is 0 Å². The van der Waals surface area contributed by atoms with E-state index in [1.165, 1.54) is 0 Å². The van der Waals surface area contributed by atoms with Gasteiger partial charge in [-0.3, -0.25) is 4.79 Å². The summed E-state index contributed by atoms with van der Waals surface area (Å²) in [6.45, 7) is 6.05. The van der Waals surface area contributed by atoms with Crippen LogP contribution in [0.25, 0.3) is 0 Å². The fourth-order valence-electron chi connectivity index (χ4n) is 0.878. The van der Waals surface area contributed by atoms with Crippen LogP contribution in [-0.2, 0) is 4.79 Å². The average molecular weight is 144 g/mol. The first kappa shape index (κ1) is 5.47. The van der Waals surface area contributed by atoms with Crippen LogP contribution in [0.3, 0.4) is 0 Å². The van der Waals surface area contributed by atoms with E-state index in [-0.39, 0.29) is 18.0 Å². The molecule has 0 aliphatic carbocycles. The molecule has 0 radical (unpaired) electrons. The van der Waals surface area contributed by atoms with Crippen molar-refractivity contribution in [1.29, 1.82) is 0 Å². The highest BCUT2D eigenvalue weighted by atomic mass is 28.3. The lowest BCUT2D eigenvalue weighted by atomic mass is 10.3. The molecule has 1 saturated heterocycles. The Morgan fingerprint density at radius 3 is 2.44 bits per heavy atom. The number of carbonyl (C=O) groups excluding carboxylic acids is 1. The molecule has 0 spiro atoms. The van der Waals surface area contributed by atoms with Crippen molar-refractivity contribution in [1.82, 2.24) is 5.32 Å². The van der Waals surface area contributed by atoms with Gasteiger partial charge in [-0.05, 0) is 0 Å². The first-order valence-corrected chi connectivity index (χ1v) is 6.73. The minimum Gasteiger partial charge on any atom is -0.356 e. The largest absolute Gasteiger partial charge is 0.356 e. The number of nitrogens with one attached hydrogen (secondary N) is 1. The summed E-state index contributed by atoms with van der Waals surface area (Å²) in [5, 5.41) is 2.52. The predicted octanol–water partition coefficient (Wildman–Crippen LogP) is 0.825. The molecule has 3 heteroatoms. The van der Waals surface area contributed by atoms with Gasteiger partial charge in [0.25, 0.3) is 0 Å². The van der Waals surface area contributed by atoms with Crippen molar-refractivity contribution in [3.8, 4) is 0 Å². The minimum absolute atomic E-state index is 0.0208. The maximum absolute atomic E-state index is 10.9. The minimum atomic E-state index is -1.40. The summed E-state index contributed by atoms with van der Waals surface area (Å²) in [7, 11) is -1.40. The summed E-state index contributed by atoms with van der Waals surface area (Å²) in [5.74, 6) is 0.0826. The highest BCUT2D eigenvalue weighted by Gasteiger charge is 2.38. The lowest BCUT2D eigenvalue weighted by Gasteiger charge is -2.35. The third-order valence-corrected chi connectivity index (χ3v) is 3.90. The summed E-state index contributed by atoms with van der Waals surface area (Å²) < 4.78 is 7.36. The van der Waals surface area contributed by atoms with Gasteiger partial charge in [0.15, 0.2) is 0 Å². The third kappa shape index (κ3) is 1.15. The van der Waals surface area contributed by atoms with Gasteiger partial charge in [-0.2, -0.15) is 0 Å². The number of β-lactam (4-membered cyclic amide) rings is 1. The Balaban J connectivity index is 2.64.